The summed E-state index contributed by atoms with van der Waals surface area (Å²) in [6, 6.07) is 8.14. The van der Waals surface area contributed by atoms with Gasteiger partial charge in [0.15, 0.2) is 0 Å². The van der Waals surface area contributed by atoms with Crippen molar-refractivity contribution in [3.63, 3.8) is 0 Å². The van der Waals surface area contributed by atoms with Crippen molar-refractivity contribution >= 4 is 16.9 Å². The number of hydrogen-bond acceptors (Lipinski definition) is 3. The van der Waals surface area contributed by atoms with Gasteiger partial charge in [-0.1, -0.05) is 0 Å². The lowest BCUT2D eigenvalue weighted by atomic mass is 10.2. The third kappa shape index (κ3) is 3.11. The Bertz CT molecular complexity index is 606. The third-order valence-corrected chi connectivity index (χ3v) is 3.58. The Labute approximate surface area is 118 Å². The molecule has 0 aliphatic carbocycles. The Morgan fingerprint density at radius 2 is 2.20 bits per heavy atom. The molecule has 1 atom stereocenters. The molecule has 0 bridgehead atoms. The Balaban J connectivity index is 2.15. The van der Waals surface area contributed by atoms with Crippen LogP contribution in [0.15, 0.2) is 30.5 Å². The second kappa shape index (κ2) is 5.96. The van der Waals surface area contributed by atoms with E-state index in [1.165, 1.54) is 0 Å². The van der Waals surface area contributed by atoms with E-state index in [2.05, 4.69) is 4.57 Å². The van der Waals surface area contributed by atoms with Crippen LogP contribution >= 0.6 is 0 Å². The van der Waals surface area contributed by atoms with Crippen molar-refractivity contribution < 1.29 is 14.6 Å². The van der Waals surface area contributed by atoms with E-state index >= 15 is 0 Å². The van der Waals surface area contributed by atoms with Crippen LogP contribution in [0.2, 0.25) is 0 Å². The number of carbonyl (C=O) groups is 1. The first-order valence-corrected chi connectivity index (χ1v) is 6.56. The normalized spacial score (nSPS) is 12.8. The Morgan fingerprint density at radius 1 is 1.45 bits per heavy atom. The van der Waals surface area contributed by atoms with Crippen molar-refractivity contribution in [2.45, 2.75) is 19.5 Å². The van der Waals surface area contributed by atoms with Crippen LogP contribution in [0.25, 0.3) is 10.9 Å². The van der Waals surface area contributed by atoms with E-state index in [1.54, 1.807) is 7.11 Å². The van der Waals surface area contributed by atoms with E-state index in [0.29, 0.717) is 0 Å². The van der Waals surface area contributed by atoms with Crippen LogP contribution in [0, 0.1) is 0 Å². The molecule has 0 radical (unpaired) electrons. The number of nitrogens with zero attached hydrogens (tertiary/aromatic N) is 2. The molecule has 1 N–H and O–H groups in total. The number of likely N-dealkylation sites (N-methyl/N-ethyl adjacent to an activating group) is 1. The predicted octanol–water partition coefficient (Wildman–Crippen LogP) is 2.05. The fraction of sp³-hybridized carbons (Fsp3) is 0.400. The molecule has 1 unspecified atom stereocenters. The summed E-state index contributed by atoms with van der Waals surface area (Å²) in [6.07, 6.45) is 2.02. The van der Waals surface area contributed by atoms with Gasteiger partial charge in [-0.15, -0.1) is 0 Å². The van der Waals surface area contributed by atoms with E-state index in [9.17, 15) is 4.79 Å². The largest absolute Gasteiger partial charge is 0.497 e. The highest BCUT2D eigenvalue weighted by Gasteiger charge is 2.13. The second-order valence-electron chi connectivity index (χ2n) is 5.05. The molecule has 0 aliphatic rings. The molecule has 0 amide bonds. The van der Waals surface area contributed by atoms with Crippen molar-refractivity contribution in [3.05, 3.63) is 30.5 Å². The number of aromatic nitrogens is 1. The maximum Gasteiger partial charge on any atom is 0.317 e. The fourth-order valence-corrected chi connectivity index (χ4v) is 2.26. The van der Waals surface area contributed by atoms with Gasteiger partial charge in [-0.25, -0.2) is 0 Å². The standard InChI is InChI=1S/C15H20N2O3/c1-11(16(2)10-15(18)19)9-17-7-6-12-8-13(20-3)4-5-14(12)17/h4-8,11H,9-10H2,1-3H3,(H,18,19). The molecule has 2 aromatic rings. The van der Waals surface area contributed by atoms with Gasteiger partial charge >= 0.3 is 5.97 Å². The van der Waals surface area contributed by atoms with Crippen LogP contribution in [0.5, 0.6) is 5.75 Å². The van der Waals surface area contributed by atoms with E-state index in [4.69, 9.17) is 9.84 Å². The summed E-state index contributed by atoms with van der Waals surface area (Å²) in [6.45, 7) is 2.83. The molecule has 5 heteroatoms. The Morgan fingerprint density at radius 3 is 2.85 bits per heavy atom. The summed E-state index contributed by atoms with van der Waals surface area (Å²) < 4.78 is 7.35. The number of aliphatic carboxylic acids is 1. The molecule has 0 fully saturated rings. The number of rotatable bonds is 6. The van der Waals surface area contributed by atoms with Crippen molar-refractivity contribution in [1.29, 1.82) is 0 Å². The number of carboxylic acids is 1. The van der Waals surface area contributed by atoms with E-state index in [-0.39, 0.29) is 12.6 Å². The molecule has 0 saturated carbocycles. The molecule has 5 nitrogen and oxygen atoms in total. The van der Waals surface area contributed by atoms with Gasteiger partial charge < -0.3 is 14.4 Å². The summed E-state index contributed by atoms with van der Waals surface area (Å²) in [5.41, 5.74) is 1.13. The van der Waals surface area contributed by atoms with Crippen LogP contribution in [0.4, 0.5) is 0 Å². The van der Waals surface area contributed by atoms with Crippen LogP contribution in [-0.2, 0) is 11.3 Å². The molecule has 1 heterocycles. The average molecular weight is 276 g/mol. The van der Waals surface area contributed by atoms with Gasteiger partial charge in [0.05, 0.1) is 13.7 Å². The summed E-state index contributed by atoms with van der Waals surface area (Å²) in [7, 11) is 3.48. The van der Waals surface area contributed by atoms with E-state index in [0.717, 1.165) is 23.2 Å². The number of ether oxygens (including phenoxy) is 1. The molecule has 2 rings (SSSR count). The van der Waals surface area contributed by atoms with Gasteiger partial charge in [0, 0.05) is 29.7 Å². The molecule has 1 aromatic heterocycles. The van der Waals surface area contributed by atoms with Crippen molar-refractivity contribution in [2.24, 2.45) is 0 Å². The summed E-state index contributed by atoms with van der Waals surface area (Å²) in [4.78, 5) is 12.6. The lowest BCUT2D eigenvalue weighted by molar-refractivity contribution is -0.138. The zero-order chi connectivity index (χ0) is 14.7. The second-order valence-corrected chi connectivity index (χ2v) is 5.05. The highest BCUT2D eigenvalue weighted by Crippen LogP contribution is 2.22. The Kier molecular flexibility index (Phi) is 4.29. The molecule has 108 valence electrons. The number of benzene rings is 1. The minimum atomic E-state index is -0.804. The highest BCUT2D eigenvalue weighted by atomic mass is 16.5. The minimum Gasteiger partial charge on any atom is -0.497 e. The monoisotopic (exact) mass is 276 g/mol. The first-order chi connectivity index (χ1) is 9.51. The van der Waals surface area contributed by atoms with Crippen LogP contribution in [0.3, 0.4) is 0 Å². The molecule has 0 aliphatic heterocycles. The summed E-state index contributed by atoms with van der Waals surface area (Å²) in [5.74, 6) is 0.0349. The van der Waals surface area contributed by atoms with Crippen LogP contribution < -0.4 is 4.74 Å². The van der Waals surface area contributed by atoms with E-state index < -0.39 is 5.97 Å². The summed E-state index contributed by atoms with van der Waals surface area (Å²) >= 11 is 0. The number of hydrogen-bond donors (Lipinski definition) is 1. The number of carboxylic acid groups (broad SMARTS) is 1. The van der Waals surface area contributed by atoms with Crippen molar-refractivity contribution in [3.8, 4) is 5.75 Å². The molecular weight excluding hydrogens is 256 g/mol. The molecular formula is C15H20N2O3. The van der Waals surface area contributed by atoms with Crippen LogP contribution in [0.1, 0.15) is 6.92 Å². The molecule has 20 heavy (non-hydrogen) atoms. The summed E-state index contributed by atoms with van der Waals surface area (Å²) in [5, 5.41) is 9.95. The van der Waals surface area contributed by atoms with Crippen molar-refractivity contribution in [1.82, 2.24) is 9.47 Å². The topological polar surface area (TPSA) is 54.7 Å². The maximum atomic E-state index is 10.7. The van der Waals surface area contributed by atoms with Gasteiger partial charge in [0.2, 0.25) is 0 Å². The number of methoxy groups -OCH3 is 1. The lowest BCUT2D eigenvalue weighted by Gasteiger charge is -2.23. The molecule has 0 spiro atoms. The average Bonchev–Trinajstić information content (AvgIpc) is 2.80. The van der Waals surface area contributed by atoms with Crippen molar-refractivity contribution in [2.75, 3.05) is 20.7 Å². The maximum absolute atomic E-state index is 10.7. The quantitative estimate of drug-likeness (QED) is 0.877. The van der Waals surface area contributed by atoms with Gasteiger partial charge in [-0.2, -0.15) is 0 Å². The highest BCUT2D eigenvalue weighted by molar-refractivity contribution is 5.81. The van der Waals surface area contributed by atoms with Gasteiger partial charge in [-0.05, 0) is 38.2 Å². The molecule has 0 saturated heterocycles. The Hall–Kier alpha value is -2.01. The lowest BCUT2D eigenvalue weighted by Crippen LogP contribution is -2.36. The zero-order valence-corrected chi connectivity index (χ0v) is 12.0. The molecule has 1 aromatic carbocycles. The first-order valence-electron chi connectivity index (χ1n) is 6.56. The first kappa shape index (κ1) is 14.4. The fourth-order valence-electron chi connectivity index (χ4n) is 2.26. The number of fused-ring (bicyclic) bond motifs is 1. The predicted molar refractivity (Wildman–Crippen MR) is 78.2 cm³/mol. The smallest absolute Gasteiger partial charge is 0.317 e. The third-order valence-electron chi connectivity index (χ3n) is 3.58. The zero-order valence-electron chi connectivity index (χ0n) is 12.0. The van der Waals surface area contributed by atoms with Gasteiger partial charge in [0.25, 0.3) is 0 Å². The minimum absolute atomic E-state index is 0.0498. The van der Waals surface area contributed by atoms with Gasteiger partial charge in [-0.3, -0.25) is 9.69 Å². The van der Waals surface area contributed by atoms with E-state index in [1.807, 2.05) is 49.3 Å². The SMILES string of the molecule is COc1ccc2c(ccn2CC(C)N(C)CC(=O)O)c1. The van der Waals surface area contributed by atoms with Gasteiger partial charge in [0.1, 0.15) is 5.75 Å². The van der Waals surface area contributed by atoms with Crippen LogP contribution in [-0.4, -0.2) is 47.3 Å².